The maximum absolute atomic E-state index is 13.1. The number of hydrogen-bond donors (Lipinski definition) is 0. The maximum atomic E-state index is 13.1. The van der Waals surface area contributed by atoms with Gasteiger partial charge in [0.2, 0.25) is 0 Å². The van der Waals surface area contributed by atoms with Crippen LogP contribution in [0.4, 0.5) is 10.5 Å². The maximum Gasteiger partial charge on any atom is 0.415 e. The molecule has 0 radical (unpaired) electrons. The third-order valence-corrected chi connectivity index (χ3v) is 7.10. The number of para-hydroxylation sites is 1. The number of anilines is 1. The van der Waals surface area contributed by atoms with Crippen LogP contribution in [0, 0.1) is 23.7 Å². The van der Waals surface area contributed by atoms with Crippen LogP contribution in [0.25, 0.3) is 0 Å². The fraction of sp³-hybridized carbons (Fsp3) is 0.458. The van der Waals surface area contributed by atoms with E-state index >= 15 is 0 Å². The Morgan fingerprint density at radius 1 is 1.26 bits per heavy atom. The summed E-state index contributed by atoms with van der Waals surface area (Å²) in [4.78, 5) is 14.8. The van der Waals surface area contributed by atoms with Crippen molar-refractivity contribution in [2.45, 2.75) is 49.9 Å². The number of benzene rings is 1. The predicted octanol–water partition coefficient (Wildman–Crippen LogP) is 4.16. The molecule has 1 saturated heterocycles. The van der Waals surface area contributed by atoms with Gasteiger partial charge in [0, 0.05) is 11.3 Å². The van der Waals surface area contributed by atoms with E-state index in [0.29, 0.717) is 6.61 Å². The van der Waals surface area contributed by atoms with Crippen LogP contribution in [0.2, 0.25) is 19.6 Å². The van der Waals surface area contributed by atoms with E-state index in [2.05, 4.69) is 43.3 Å². The zero-order valence-corrected chi connectivity index (χ0v) is 20.3. The Labute approximate surface area is 189 Å². The molecule has 0 aromatic heterocycles. The molecule has 4 atom stereocenters. The van der Waals surface area contributed by atoms with E-state index in [4.69, 9.17) is 13.9 Å². The van der Waals surface area contributed by atoms with Crippen molar-refractivity contribution in [3.8, 4) is 23.7 Å². The van der Waals surface area contributed by atoms with Gasteiger partial charge in [-0.1, -0.05) is 41.9 Å². The number of carbonyl (C=O) groups is 1. The second-order valence-corrected chi connectivity index (χ2v) is 14.3. The van der Waals surface area contributed by atoms with Crippen molar-refractivity contribution in [2.24, 2.45) is 0 Å². The highest BCUT2D eigenvalue weighted by atomic mass is 32.2. The first kappa shape index (κ1) is 22.0. The highest BCUT2D eigenvalue weighted by Gasteiger charge is 2.75. The molecule has 2 heterocycles. The Bertz CT molecular complexity index is 1040. The van der Waals surface area contributed by atoms with Crippen molar-refractivity contribution in [3.63, 3.8) is 0 Å². The number of nitrogens with zero attached hydrogens (tertiary/aromatic N) is 1. The van der Waals surface area contributed by atoms with Crippen LogP contribution < -0.4 is 4.90 Å². The number of allylic oxidation sites excluding steroid dienone is 2. The Morgan fingerprint density at radius 2 is 2.00 bits per heavy atom. The topological polar surface area (TPSA) is 51.3 Å². The van der Waals surface area contributed by atoms with Gasteiger partial charge in [-0.15, -0.1) is 0 Å². The molecular formula is C24H27NO4SSi. The van der Waals surface area contributed by atoms with Gasteiger partial charge in [0.05, 0.1) is 5.69 Å². The van der Waals surface area contributed by atoms with Gasteiger partial charge in [0.25, 0.3) is 0 Å². The van der Waals surface area contributed by atoms with Crippen molar-refractivity contribution in [2.75, 3.05) is 23.5 Å². The molecule has 1 aromatic rings. The minimum Gasteiger partial charge on any atom is -0.448 e. The number of thioether (sulfide) groups is 1. The average Bonchev–Trinajstić information content (AvgIpc) is 3.47. The highest BCUT2D eigenvalue weighted by molar-refractivity contribution is 7.98. The summed E-state index contributed by atoms with van der Waals surface area (Å²) in [5.74, 6) is 13.4. The summed E-state index contributed by atoms with van der Waals surface area (Å²) in [5, 5.41) is 0. The summed E-state index contributed by atoms with van der Waals surface area (Å²) in [6.45, 7) is 8.77. The van der Waals surface area contributed by atoms with E-state index in [-0.39, 0.29) is 6.10 Å². The van der Waals surface area contributed by atoms with E-state index < -0.39 is 31.7 Å². The Balaban J connectivity index is 1.87. The molecule has 1 amide bonds. The van der Waals surface area contributed by atoms with Crippen molar-refractivity contribution in [1.29, 1.82) is 0 Å². The molecule has 0 unspecified atom stereocenters. The molecule has 0 N–H and O–H groups in total. The standard InChI is InChI=1S/C24H27NO4SSi/c1-23(29-31(3,4)5)15-11-7-6-8-14-20-21-24(23,28-21)18-12-9-10-13-19(18)25(20)22(26)27-16-17-30-2/h6-7,9-10,12-13,20-21H,16-17H2,1-5H3/b7-6-/t20-,21-,23+,24+/m1/s1. The Kier molecular flexibility index (Phi) is 5.74. The van der Waals surface area contributed by atoms with E-state index in [1.165, 1.54) is 0 Å². The van der Waals surface area contributed by atoms with Crippen LogP contribution in [0.3, 0.4) is 0 Å². The number of hydrogen-bond acceptors (Lipinski definition) is 5. The van der Waals surface area contributed by atoms with Crippen LogP contribution in [0.1, 0.15) is 12.5 Å². The van der Waals surface area contributed by atoms with Gasteiger partial charge < -0.3 is 13.9 Å². The summed E-state index contributed by atoms with van der Waals surface area (Å²) >= 11 is 1.63. The molecule has 1 aliphatic carbocycles. The Hall–Kier alpha value is -2.16. The van der Waals surface area contributed by atoms with Crippen LogP contribution in [0.15, 0.2) is 36.4 Å². The third kappa shape index (κ3) is 3.81. The second-order valence-electron chi connectivity index (χ2n) is 8.85. The minimum absolute atomic E-state index is 0.345. The fourth-order valence-corrected chi connectivity index (χ4v) is 6.11. The molecule has 5 nitrogen and oxygen atoms in total. The van der Waals surface area contributed by atoms with Gasteiger partial charge in [0.1, 0.15) is 18.8 Å². The lowest BCUT2D eigenvalue weighted by molar-refractivity contribution is 0.0430. The van der Waals surface area contributed by atoms with E-state index in [1.807, 2.05) is 37.4 Å². The molecule has 2 aliphatic heterocycles. The third-order valence-electron chi connectivity index (χ3n) is 5.51. The molecule has 0 spiro atoms. The molecule has 2 bridgehead atoms. The first-order chi connectivity index (χ1) is 14.7. The summed E-state index contributed by atoms with van der Waals surface area (Å²) in [7, 11) is -1.99. The van der Waals surface area contributed by atoms with Crippen LogP contribution >= 0.6 is 11.8 Å². The largest absolute Gasteiger partial charge is 0.448 e. The first-order valence-corrected chi connectivity index (χ1v) is 15.1. The number of rotatable bonds is 5. The highest BCUT2D eigenvalue weighted by Crippen LogP contribution is 2.62. The molecule has 0 saturated carbocycles. The molecule has 1 aromatic carbocycles. The normalized spacial score (nSPS) is 31.1. The molecular weight excluding hydrogens is 426 g/mol. The lowest BCUT2D eigenvalue weighted by Gasteiger charge is -2.42. The number of fused-ring (bicyclic) bond motifs is 1. The summed E-state index contributed by atoms with van der Waals surface area (Å²) in [6.07, 6.45) is 4.64. The molecule has 1 fully saturated rings. The van der Waals surface area contributed by atoms with E-state index in [1.54, 1.807) is 28.8 Å². The SMILES string of the molecule is CSCCOC(=O)N1c2ccccc2[C@]23O[C@@H]2[C@H]1C#C/C=C\C#C[C@]3(C)O[Si](C)(C)C. The smallest absolute Gasteiger partial charge is 0.415 e. The lowest BCUT2D eigenvalue weighted by atomic mass is 9.75. The lowest BCUT2D eigenvalue weighted by Crippen LogP contribution is -2.56. The molecule has 7 heteroatoms. The number of epoxide rings is 1. The fourth-order valence-electron chi connectivity index (χ4n) is 4.43. The van der Waals surface area contributed by atoms with Gasteiger partial charge in [0.15, 0.2) is 19.5 Å². The minimum atomic E-state index is -1.99. The zero-order chi connectivity index (χ0) is 22.3. The first-order valence-electron chi connectivity index (χ1n) is 10.3. The summed E-state index contributed by atoms with van der Waals surface area (Å²) < 4.78 is 18.7. The van der Waals surface area contributed by atoms with Gasteiger partial charge >= 0.3 is 6.09 Å². The van der Waals surface area contributed by atoms with Crippen molar-refractivity contribution in [3.05, 3.63) is 42.0 Å². The molecule has 3 aliphatic rings. The number of amides is 1. The monoisotopic (exact) mass is 453 g/mol. The Morgan fingerprint density at radius 3 is 2.74 bits per heavy atom. The van der Waals surface area contributed by atoms with Crippen molar-refractivity contribution < 1.29 is 18.7 Å². The van der Waals surface area contributed by atoms with Crippen molar-refractivity contribution in [1.82, 2.24) is 0 Å². The van der Waals surface area contributed by atoms with E-state index in [0.717, 1.165) is 17.0 Å². The van der Waals surface area contributed by atoms with Gasteiger partial charge in [-0.2, -0.15) is 11.8 Å². The molecule has 4 rings (SSSR count). The van der Waals surface area contributed by atoms with Crippen LogP contribution in [-0.2, 0) is 19.5 Å². The molecule has 162 valence electrons. The summed E-state index contributed by atoms with van der Waals surface area (Å²) in [6, 6.07) is 7.29. The van der Waals surface area contributed by atoms with Crippen LogP contribution in [0.5, 0.6) is 0 Å². The van der Waals surface area contributed by atoms with Crippen molar-refractivity contribution >= 4 is 31.9 Å². The van der Waals surface area contributed by atoms with Gasteiger partial charge in [-0.05, 0) is 51.0 Å². The molecule has 31 heavy (non-hydrogen) atoms. The summed E-state index contributed by atoms with van der Waals surface area (Å²) in [5.41, 5.74) is -0.0486. The number of ether oxygens (including phenoxy) is 2. The van der Waals surface area contributed by atoms with Gasteiger partial charge in [-0.25, -0.2) is 4.79 Å². The zero-order valence-electron chi connectivity index (χ0n) is 18.5. The van der Waals surface area contributed by atoms with Crippen LogP contribution in [-0.4, -0.2) is 50.8 Å². The second kappa shape index (κ2) is 8.07. The predicted molar refractivity (Wildman–Crippen MR) is 127 cm³/mol. The van der Waals surface area contributed by atoms with Gasteiger partial charge in [-0.3, -0.25) is 4.90 Å². The van der Waals surface area contributed by atoms with E-state index in [9.17, 15) is 4.79 Å². The quantitative estimate of drug-likeness (QED) is 0.290. The average molecular weight is 454 g/mol. The number of carbonyl (C=O) groups excluding carboxylic acids is 1.